The van der Waals surface area contributed by atoms with Gasteiger partial charge in [0.05, 0.1) is 12.1 Å². The summed E-state index contributed by atoms with van der Waals surface area (Å²) < 4.78 is 5.36. The minimum Gasteiger partial charge on any atom is -0.495 e. The van der Waals surface area contributed by atoms with Crippen LogP contribution in [0.2, 0.25) is 5.02 Å². The lowest BCUT2D eigenvalue weighted by atomic mass is 9.88. The highest BCUT2D eigenvalue weighted by Crippen LogP contribution is 2.36. The first-order valence-corrected chi connectivity index (χ1v) is 9.72. The van der Waals surface area contributed by atoms with Crippen molar-refractivity contribution in [1.29, 1.82) is 0 Å². The Hall–Kier alpha value is -2.08. The van der Waals surface area contributed by atoms with Crippen molar-refractivity contribution in [3.63, 3.8) is 0 Å². The number of methoxy groups -OCH3 is 1. The smallest absolute Gasteiger partial charge is 0.230 e. The molecule has 0 bridgehead atoms. The number of carbonyl (C=O) groups is 3. The van der Waals surface area contributed by atoms with Crippen LogP contribution in [0.25, 0.3) is 0 Å². The number of amides is 3. The fraction of sp³-hybridized carbons (Fsp3) is 0.550. The summed E-state index contributed by atoms with van der Waals surface area (Å²) in [6, 6.07) is 4.09. The number of nitrogens with one attached hydrogen (secondary N) is 1. The third-order valence-corrected chi connectivity index (χ3v) is 6.04. The molecule has 2 fully saturated rings. The van der Waals surface area contributed by atoms with Crippen molar-refractivity contribution in [2.45, 2.75) is 44.9 Å². The minimum absolute atomic E-state index is 0.0606. The molecule has 3 rings (SSSR count). The van der Waals surface area contributed by atoms with E-state index in [1.807, 2.05) is 17.9 Å². The van der Waals surface area contributed by atoms with Crippen LogP contribution in [0.3, 0.4) is 0 Å². The zero-order valence-electron chi connectivity index (χ0n) is 15.7. The van der Waals surface area contributed by atoms with E-state index < -0.39 is 0 Å². The number of carbonyl (C=O) groups excluding carboxylic acids is 3. The number of likely N-dealkylation sites (tertiary alicyclic amines) is 1. The molecule has 1 N–H and O–H groups in total. The van der Waals surface area contributed by atoms with Crippen molar-refractivity contribution in [3.8, 4) is 5.75 Å². The molecule has 2 saturated heterocycles. The van der Waals surface area contributed by atoms with Gasteiger partial charge in [0.1, 0.15) is 5.75 Å². The van der Waals surface area contributed by atoms with E-state index >= 15 is 0 Å². The number of imide groups is 1. The van der Waals surface area contributed by atoms with Gasteiger partial charge in [-0.1, -0.05) is 17.7 Å². The molecule has 0 aliphatic carbocycles. The summed E-state index contributed by atoms with van der Waals surface area (Å²) in [5.41, 5.74) is 2.19. The standard InChI is InChI=1S/C20H25ClN2O4/c1-12-9-15(10-16(27-2)19(12)21)13-5-7-23(8-6-13)18(25)4-3-14-11-17(24)22-20(14)26/h9-10,13-14H,3-8,11H2,1-2H3,(H,22,24,26)/t14-/m0/s1. The van der Waals surface area contributed by atoms with E-state index in [0.717, 1.165) is 18.4 Å². The number of aryl methyl sites for hydroxylation is 1. The Bertz CT molecular complexity index is 757. The molecule has 1 atom stereocenters. The van der Waals surface area contributed by atoms with Crippen LogP contribution in [0.4, 0.5) is 0 Å². The minimum atomic E-state index is -0.358. The van der Waals surface area contributed by atoms with Crippen LogP contribution in [-0.2, 0) is 14.4 Å². The van der Waals surface area contributed by atoms with Crippen molar-refractivity contribution in [2.24, 2.45) is 5.92 Å². The zero-order valence-corrected chi connectivity index (χ0v) is 16.5. The first-order chi connectivity index (χ1) is 12.9. The molecule has 0 spiro atoms. The van der Waals surface area contributed by atoms with Crippen molar-refractivity contribution in [3.05, 3.63) is 28.3 Å². The lowest BCUT2D eigenvalue weighted by Gasteiger charge is -2.33. The Kier molecular flexibility index (Phi) is 6.05. The third-order valence-electron chi connectivity index (χ3n) is 5.55. The topological polar surface area (TPSA) is 75.7 Å². The van der Waals surface area contributed by atoms with Gasteiger partial charge in [0, 0.05) is 31.8 Å². The summed E-state index contributed by atoms with van der Waals surface area (Å²) in [5.74, 6) is 0.270. The lowest BCUT2D eigenvalue weighted by Crippen LogP contribution is -2.38. The number of ether oxygens (including phenoxy) is 1. The molecule has 27 heavy (non-hydrogen) atoms. The second kappa shape index (κ2) is 8.30. The van der Waals surface area contributed by atoms with Gasteiger partial charge in [-0.15, -0.1) is 0 Å². The maximum atomic E-state index is 12.5. The number of hydrogen-bond donors (Lipinski definition) is 1. The monoisotopic (exact) mass is 392 g/mol. The molecular formula is C20H25ClN2O4. The van der Waals surface area contributed by atoms with Crippen molar-refractivity contribution < 1.29 is 19.1 Å². The van der Waals surface area contributed by atoms with Crippen molar-refractivity contribution in [2.75, 3.05) is 20.2 Å². The number of nitrogens with zero attached hydrogens (tertiary/aromatic N) is 1. The van der Waals surface area contributed by atoms with E-state index in [0.29, 0.717) is 42.6 Å². The first-order valence-electron chi connectivity index (χ1n) is 9.34. The van der Waals surface area contributed by atoms with E-state index in [2.05, 4.69) is 11.4 Å². The molecule has 1 aromatic rings. The maximum Gasteiger partial charge on any atom is 0.230 e. The molecule has 0 saturated carbocycles. The molecule has 0 radical (unpaired) electrons. The Balaban J connectivity index is 1.53. The molecule has 1 aromatic carbocycles. The second-order valence-electron chi connectivity index (χ2n) is 7.36. The number of halogens is 1. The Morgan fingerprint density at radius 1 is 1.30 bits per heavy atom. The van der Waals surface area contributed by atoms with Gasteiger partial charge in [-0.05, 0) is 49.3 Å². The van der Waals surface area contributed by atoms with Crippen molar-refractivity contribution >= 4 is 29.3 Å². The molecule has 7 heteroatoms. The summed E-state index contributed by atoms with van der Waals surface area (Å²) >= 11 is 6.25. The van der Waals surface area contributed by atoms with Gasteiger partial charge in [0.15, 0.2) is 0 Å². The van der Waals surface area contributed by atoms with Crippen LogP contribution in [0.1, 0.15) is 49.1 Å². The summed E-state index contributed by atoms with van der Waals surface area (Å²) in [6.45, 7) is 3.36. The van der Waals surface area contributed by atoms with Gasteiger partial charge in [0.2, 0.25) is 17.7 Å². The van der Waals surface area contributed by atoms with Gasteiger partial charge in [0.25, 0.3) is 0 Å². The number of piperidine rings is 1. The first kappa shape index (κ1) is 19.7. The fourth-order valence-electron chi connectivity index (χ4n) is 3.91. The van der Waals surface area contributed by atoms with Crippen LogP contribution in [-0.4, -0.2) is 42.8 Å². The quantitative estimate of drug-likeness (QED) is 0.782. The van der Waals surface area contributed by atoms with Gasteiger partial charge in [-0.2, -0.15) is 0 Å². The van der Waals surface area contributed by atoms with Gasteiger partial charge >= 0.3 is 0 Å². The summed E-state index contributed by atoms with van der Waals surface area (Å²) in [4.78, 5) is 37.2. The Labute approximate surface area is 164 Å². The lowest BCUT2D eigenvalue weighted by molar-refractivity contribution is -0.132. The fourth-order valence-corrected chi connectivity index (χ4v) is 4.09. The van der Waals surface area contributed by atoms with Crippen LogP contribution < -0.4 is 10.1 Å². The van der Waals surface area contributed by atoms with Crippen LogP contribution in [0.15, 0.2) is 12.1 Å². The van der Waals surface area contributed by atoms with E-state index in [4.69, 9.17) is 16.3 Å². The predicted octanol–water partition coefficient (Wildman–Crippen LogP) is 2.81. The summed E-state index contributed by atoms with van der Waals surface area (Å²) in [5, 5.41) is 2.93. The average molecular weight is 393 g/mol. The third kappa shape index (κ3) is 4.43. The molecule has 0 unspecified atom stereocenters. The predicted molar refractivity (Wildman–Crippen MR) is 102 cm³/mol. The molecule has 3 amide bonds. The summed E-state index contributed by atoms with van der Waals surface area (Å²) in [7, 11) is 1.61. The number of rotatable bonds is 5. The highest BCUT2D eigenvalue weighted by atomic mass is 35.5. The Morgan fingerprint density at radius 3 is 2.59 bits per heavy atom. The SMILES string of the molecule is COc1cc(C2CCN(C(=O)CC[C@H]3CC(=O)NC3=O)CC2)cc(C)c1Cl. The second-order valence-corrected chi connectivity index (χ2v) is 7.74. The highest BCUT2D eigenvalue weighted by molar-refractivity contribution is 6.32. The number of benzene rings is 1. The summed E-state index contributed by atoms with van der Waals surface area (Å²) in [6.07, 6.45) is 2.72. The molecule has 2 aliphatic heterocycles. The molecule has 2 heterocycles. The van der Waals surface area contributed by atoms with Gasteiger partial charge in [-0.25, -0.2) is 0 Å². The average Bonchev–Trinajstić information content (AvgIpc) is 2.99. The van der Waals surface area contributed by atoms with Crippen molar-refractivity contribution in [1.82, 2.24) is 10.2 Å². The van der Waals surface area contributed by atoms with E-state index in [-0.39, 0.29) is 30.1 Å². The van der Waals surface area contributed by atoms with E-state index in [9.17, 15) is 14.4 Å². The molecule has 2 aliphatic rings. The van der Waals surface area contributed by atoms with Gasteiger partial charge < -0.3 is 9.64 Å². The van der Waals surface area contributed by atoms with Gasteiger partial charge in [-0.3, -0.25) is 19.7 Å². The normalized spacial score (nSPS) is 20.7. The highest BCUT2D eigenvalue weighted by Gasteiger charge is 2.31. The van der Waals surface area contributed by atoms with Crippen LogP contribution >= 0.6 is 11.6 Å². The molecule has 146 valence electrons. The largest absolute Gasteiger partial charge is 0.495 e. The number of hydrogen-bond acceptors (Lipinski definition) is 4. The van der Waals surface area contributed by atoms with E-state index in [1.54, 1.807) is 7.11 Å². The molecule has 6 nitrogen and oxygen atoms in total. The van der Waals surface area contributed by atoms with Crippen LogP contribution in [0.5, 0.6) is 5.75 Å². The zero-order chi connectivity index (χ0) is 19.6. The molecular weight excluding hydrogens is 368 g/mol. The maximum absolute atomic E-state index is 12.5. The Morgan fingerprint density at radius 2 is 2.00 bits per heavy atom. The van der Waals surface area contributed by atoms with Crippen LogP contribution in [0, 0.1) is 12.8 Å². The molecule has 0 aromatic heterocycles. The van der Waals surface area contributed by atoms with E-state index in [1.165, 1.54) is 5.56 Å².